The van der Waals surface area contributed by atoms with Crippen molar-refractivity contribution < 1.29 is 0 Å². The summed E-state index contributed by atoms with van der Waals surface area (Å²) in [6.45, 7) is 0.607. The summed E-state index contributed by atoms with van der Waals surface area (Å²) < 4.78 is 0. The molecule has 2 N–H and O–H groups in total. The quantitative estimate of drug-likeness (QED) is 0.727. The average molecular weight is 172 g/mol. The maximum atomic E-state index is 5.51. The van der Waals surface area contributed by atoms with Crippen molar-refractivity contribution >= 4 is 11.8 Å². The number of rotatable bonds is 2. The lowest BCUT2D eigenvalue weighted by atomic mass is 10.0. The molecule has 2 nitrogen and oxygen atoms in total. The summed E-state index contributed by atoms with van der Waals surface area (Å²) >= 11 is 0. The Kier molecular flexibility index (Phi) is 2.23. The van der Waals surface area contributed by atoms with Crippen LogP contribution >= 0.6 is 0 Å². The Morgan fingerprint density at radius 3 is 2.54 bits per heavy atom. The fourth-order valence-electron chi connectivity index (χ4n) is 1.39. The van der Waals surface area contributed by atoms with Crippen molar-refractivity contribution in [2.24, 2.45) is 10.7 Å². The second kappa shape index (κ2) is 3.54. The van der Waals surface area contributed by atoms with Crippen molar-refractivity contribution in [3.63, 3.8) is 0 Å². The Hall–Kier alpha value is -1.41. The summed E-state index contributed by atoms with van der Waals surface area (Å²) in [5.74, 6) is 0. The van der Waals surface area contributed by atoms with Crippen LogP contribution in [-0.2, 0) is 6.54 Å². The highest BCUT2D eigenvalue weighted by Crippen LogP contribution is 2.20. The Morgan fingerprint density at radius 1 is 1.23 bits per heavy atom. The molecule has 66 valence electrons. The van der Waals surface area contributed by atoms with E-state index in [0.29, 0.717) is 6.54 Å². The first-order valence-electron chi connectivity index (χ1n) is 4.40. The summed E-state index contributed by atoms with van der Waals surface area (Å²) in [7, 11) is 0. The van der Waals surface area contributed by atoms with Gasteiger partial charge in [-0.25, -0.2) is 0 Å². The van der Waals surface area contributed by atoms with E-state index in [0.717, 1.165) is 6.42 Å². The van der Waals surface area contributed by atoms with Gasteiger partial charge < -0.3 is 5.73 Å². The first-order chi connectivity index (χ1) is 6.40. The molecule has 0 saturated heterocycles. The molecule has 1 aromatic carbocycles. The predicted octanol–water partition coefficient (Wildman–Crippen LogP) is 1.96. The molecule has 2 rings (SSSR count). The Bertz CT molecular complexity index is 347. The van der Waals surface area contributed by atoms with Gasteiger partial charge in [0.05, 0.1) is 0 Å². The van der Waals surface area contributed by atoms with Crippen LogP contribution in [0.25, 0.3) is 5.57 Å². The molecule has 0 saturated carbocycles. The number of allylic oxidation sites excluding steroid dienone is 1. The van der Waals surface area contributed by atoms with E-state index in [2.05, 4.69) is 29.3 Å². The molecule has 0 unspecified atom stereocenters. The molecule has 0 spiro atoms. The van der Waals surface area contributed by atoms with Crippen molar-refractivity contribution in [1.29, 1.82) is 0 Å². The van der Waals surface area contributed by atoms with Crippen LogP contribution in [0.1, 0.15) is 17.5 Å². The van der Waals surface area contributed by atoms with Crippen LogP contribution in [0.3, 0.4) is 0 Å². The Labute approximate surface area is 77.8 Å². The topological polar surface area (TPSA) is 38.4 Å². The summed E-state index contributed by atoms with van der Waals surface area (Å²) in [4.78, 5) is 4.07. The minimum atomic E-state index is 0.607. The zero-order valence-corrected chi connectivity index (χ0v) is 7.40. The number of hydrogen-bond acceptors (Lipinski definition) is 2. The molecule has 0 radical (unpaired) electrons. The molecular formula is C11H12N2. The Balaban J connectivity index is 2.23. The second-order valence-corrected chi connectivity index (χ2v) is 3.09. The Morgan fingerprint density at radius 2 is 2.00 bits per heavy atom. The fourth-order valence-corrected chi connectivity index (χ4v) is 1.39. The van der Waals surface area contributed by atoms with Crippen molar-refractivity contribution in [3.05, 3.63) is 41.6 Å². The third-order valence-corrected chi connectivity index (χ3v) is 2.21. The molecule has 2 heteroatoms. The first kappa shape index (κ1) is 8.20. The van der Waals surface area contributed by atoms with E-state index in [-0.39, 0.29) is 0 Å². The van der Waals surface area contributed by atoms with Crippen molar-refractivity contribution in [2.45, 2.75) is 13.0 Å². The molecule has 0 fully saturated rings. The van der Waals surface area contributed by atoms with Gasteiger partial charge >= 0.3 is 0 Å². The highest BCUT2D eigenvalue weighted by Gasteiger charge is 2.02. The summed E-state index contributed by atoms with van der Waals surface area (Å²) in [5, 5.41) is 0. The molecule has 13 heavy (non-hydrogen) atoms. The van der Waals surface area contributed by atoms with Crippen LogP contribution < -0.4 is 5.73 Å². The molecule has 1 aliphatic heterocycles. The molecule has 0 aromatic heterocycles. The third kappa shape index (κ3) is 1.68. The van der Waals surface area contributed by atoms with E-state index in [1.54, 1.807) is 0 Å². The number of nitrogens with two attached hydrogens (primary N) is 1. The summed E-state index contributed by atoms with van der Waals surface area (Å²) in [6.07, 6.45) is 4.78. The van der Waals surface area contributed by atoms with Gasteiger partial charge in [-0.15, -0.1) is 0 Å². The van der Waals surface area contributed by atoms with Crippen LogP contribution in [0.15, 0.2) is 35.5 Å². The third-order valence-electron chi connectivity index (χ3n) is 2.21. The minimum Gasteiger partial charge on any atom is -0.326 e. The van der Waals surface area contributed by atoms with Crippen LogP contribution in [0.4, 0.5) is 0 Å². The van der Waals surface area contributed by atoms with Gasteiger partial charge in [-0.2, -0.15) is 0 Å². The number of benzene rings is 1. The average Bonchev–Trinajstić information content (AvgIpc) is 2.71. The lowest BCUT2D eigenvalue weighted by Gasteiger charge is -2.01. The van der Waals surface area contributed by atoms with Gasteiger partial charge in [0.25, 0.3) is 0 Å². The zero-order valence-electron chi connectivity index (χ0n) is 7.40. The standard InChI is InChI=1S/C11H12N2/c12-7-9-1-3-10(4-2-9)11-5-6-13-8-11/h1-4,6,8H,5,7,12H2. The molecule has 1 aromatic rings. The number of hydrogen-bond donors (Lipinski definition) is 1. The van der Waals surface area contributed by atoms with E-state index in [9.17, 15) is 0 Å². The van der Waals surface area contributed by atoms with Gasteiger partial charge in [-0.3, -0.25) is 4.99 Å². The maximum Gasteiger partial charge on any atom is 0.0305 e. The molecule has 1 aliphatic rings. The van der Waals surface area contributed by atoms with E-state index < -0.39 is 0 Å². The van der Waals surface area contributed by atoms with Crippen LogP contribution in [0.2, 0.25) is 0 Å². The van der Waals surface area contributed by atoms with Crippen molar-refractivity contribution in [3.8, 4) is 0 Å². The van der Waals surface area contributed by atoms with E-state index >= 15 is 0 Å². The van der Waals surface area contributed by atoms with E-state index in [1.165, 1.54) is 16.7 Å². The minimum absolute atomic E-state index is 0.607. The highest BCUT2D eigenvalue weighted by atomic mass is 14.7. The maximum absolute atomic E-state index is 5.51. The lowest BCUT2D eigenvalue weighted by molar-refractivity contribution is 1.07. The number of aliphatic imine (C=N–C) groups is 1. The zero-order chi connectivity index (χ0) is 9.10. The van der Waals surface area contributed by atoms with Gasteiger partial charge in [-0.05, 0) is 16.7 Å². The molecule has 0 bridgehead atoms. The lowest BCUT2D eigenvalue weighted by Crippen LogP contribution is -1.95. The van der Waals surface area contributed by atoms with Crippen molar-refractivity contribution in [2.75, 3.05) is 0 Å². The van der Waals surface area contributed by atoms with Crippen LogP contribution in [0.5, 0.6) is 0 Å². The fraction of sp³-hybridized carbons (Fsp3) is 0.182. The molecule has 1 heterocycles. The molecule has 0 amide bonds. The van der Waals surface area contributed by atoms with E-state index in [1.807, 2.05) is 12.4 Å². The van der Waals surface area contributed by atoms with Gasteiger partial charge in [-0.1, -0.05) is 24.3 Å². The van der Waals surface area contributed by atoms with Gasteiger partial charge in [0.15, 0.2) is 0 Å². The highest BCUT2D eigenvalue weighted by molar-refractivity contribution is 5.84. The van der Waals surface area contributed by atoms with Crippen molar-refractivity contribution in [1.82, 2.24) is 0 Å². The molecule has 0 atom stereocenters. The smallest absolute Gasteiger partial charge is 0.0305 e. The van der Waals surface area contributed by atoms with Crippen LogP contribution in [0, 0.1) is 0 Å². The van der Waals surface area contributed by atoms with Gasteiger partial charge in [0.2, 0.25) is 0 Å². The normalized spacial score (nSPS) is 14.7. The predicted molar refractivity (Wildman–Crippen MR) is 55.4 cm³/mol. The second-order valence-electron chi connectivity index (χ2n) is 3.09. The first-order valence-corrected chi connectivity index (χ1v) is 4.40. The monoisotopic (exact) mass is 172 g/mol. The number of nitrogens with zero attached hydrogens (tertiary/aromatic N) is 1. The summed E-state index contributed by atoms with van der Waals surface area (Å²) in [5.41, 5.74) is 9.21. The van der Waals surface area contributed by atoms with Crippen LogP contribution in [-0.4, -0.2) is 6.21 Å². The van der Waals surface area contributed by atoms with E-state index in [4.69, 9.17) is 5.73 Å². The summed E-state index contributed by atoms with van der Waals surface area (Å²) in [6, 6.07) is 8.33. The largest absolute Gasteiger partial charge is 0.326 e. The molecular weight excluding hydrogens is 160 g/mol. The molecule has 0 aliphatic carbocycles. The SMILES string of the molecule is NCc1ccc(C2=CN=CC2)cc1. The van der Waals surface area contributed by atoms with Gasteiger partial charge in [0, 0.05) is 25.4 Å². The van der Waals surface area contributed by atoms with Gasteiger partial charge in [0.1, 0.15) is 0 Å².